The molecule has 27 heavy (non-hydrogen) atoms. The number of anilines is 1. The molecule has 4 rings (SSSR count). The molecule has 0 radical (unpaired) electrons. The highest BCUT2D eigenvalue weighted by Crippen LogP contribution is 2.49. The molecule has 0 spiro atoms. The number of amides is 1. The second-order valence-corrected chi connectivity index (χ2v) is 8.16. The number of benzene rings is 1. The summed E-state index contributed by atoms with van der Waals surface area (Å²) in [4.78, 5) is 25.9. The van der Waals surface area contributed by atoms with Gasteiger partial charge >= 0.3 is 0 Å². The number of morpholine rings is 1. The summed E-state index contributed by atoms with van der Waals surface area (Å²) in [5.41, 5.74) is 1.09. The predicted molar refractivity (Wildman–Crippen MR) is 102 cm³/mol. The largest absolute Gasteiger partial charge is 0.378 e. The van der Waals surface area contributed by atoms with Gasteiger partial charge in [-0.15, -0.1) is 0 Å². The van der Waals surface area contributed by atoms with Crippen molar-refractivity contribution in [2.24, 2.45) is 17.8 Å². The van der Waals surface area contributed by atoms with Crippen molar-refractivity contribution in [1.29, 1.82) is 0 Å². The van der Waals surface area contributed by atoms with Crippen LogP contribution in [0.3, 0.4) is 0 Å². The summed E-state index contributed by atoms with van der Waals surface area (Å²) in [5.74, 6) is 1.85. The standard InChI is InChI=1S/C20H27N3O4/c1-13(17-11-14-2-3-15(17)10-14)21-20(24)18-12-16(23(25)26)4-5-19(18)22-6-8-27-9-7-22/h4-5,12-15,17H,2-3,6-11H2,1H3,(H,21,24)/t13-,14-,15-,17+/m0/s1. The first-order chi connectivity index (χ1) is 13.0. The summed E-state index contributed by atoms with van der Waals surface area (Å²) >= 11 is 0. The zero-order valence-electron chi connectivity index (χ0n) is 15.7. The fraction of sp³-hybridized carbons (Fsp3) is 0.650. The summed E-state index contributed by atoms with van der Waals surface area (Å²) in [6, 6.07) is 4.67. The highest BCUT2D eigenvalue weighted by atomic mass is 16.6. The number of nitro groups is 1. The molecule has 146 valence electrons. The Bertz CT molecular complexity index is 732. The maximum Gasteiger partial charge on any atom is 0.270 e. The fourth-order valence-electron chi connectivity index (χ4n) is 5.20. The van der Waals surface area contributed by atoms with Gasteiger partial charge in [-0.05, 0) is 50.0 Å². The van der Waals surface area contributed by atoms with E-state index >= 15 is 0 Å². The molecule has 1 aromatic rings. The number of carbonyl (C=O) groups excluding carboxylic acids is 1. The van der Waals surface area contributed by atoms with E-state index in [-0.39, 0.29) is 17.6 Å². The summed E-state index contributed by atoms with van der Waals surface area (Å²) in [6.45, 7) is 4.63. The monoisotopic (exact) mass is 373 g/mol. The van der Waals surface area contributed by atoms with E-state index in [1.54, 1.807) is 6.07 Å². The zero-order valence-corrected chi connectivity index (χ0v) is 15.7. The summed E-state index contributed by atoms with van der Waals surface area (Å²) < 4.78 is 5.39. The van der Waals surface area contributed by atoms with Crippen LogP contribution in [-0.4, -0.2) is 43.2 Å². The van der Waals surface area contributed by atoms with Crippen molar-refractivity contribution in [1.82, 2.24) is 5.32 Å². The van der Waals surface area contributed by atoms with E-state index in [0.29, 0.717) is 43.7 Å². The van der Waals surface area contributed by atoms with Gasteiger partial charge in [-0.3, -0.25) is 14.9 Å². The lowest BCUT2D eigenvalue weighted by molar-refractivity contribution is -0.384. The van der Waals surface area contributed by atoms with Crippen molar-refractivity contribution in [3.05, 3.63) is 33.9 Å². The number of fused-ring (bicyclic) bond motifs is 2. The minimum atomic E-state index is -0.445. The second kappa shape index (κ2) is 7.46. The average Bonchev–Trinajstić information content (AvgIpc) is 3.31. The molecule has 3 aliphatic rings. The molecule has 3 fully saturated rings. The summed E-state index contributed by atoms with van der Waals surface area (Å²) in [7, 11) is 0. The first-order valence-corrected chi connectivity index (χ1v) is 9.95. The van der Waals surface area contributed by atoms with Crippen LogP contribution >= 0.6 is 0 Å². The molecular weight excluding hydrogens is 346 g/mol. The molecule has 0 aromatic heterocycles. The molecule has 1 saturated heterocycles. The van der Waals surface area contributed by atoms with Gasteiger partial charge in [0.15, 0.2) is 0 Å². The lowest BCUT2D eigenvalue weighted by Gasteiger charge is -2.31. The quantitative estimate of drug-likeness (QED) is 0.633. The van der Waals surface area contributed by atoms with Crippen LogP contribution in [0.5, 0.6) is 0 Å². The number of non-ortho nitro benzene ring substituents is 1. The van der Waals surface area contributed by atoms with Crippen LogP contribution in [0.15, 0.2) is 18.2 Å². The Morgan fingerprint density at radius 1 is 1.30 bits per heavy atom. The third-order valence-corrected chi connectivity index (χ3v) is 6.58. The molecule has 2 bridgehead atoms. The van der Waals surface area contributed by atoms with Crippen molar-refractivity contribution in [3.8, 4) is 0 Å². The molecule has 1 aliphatic heterocycles. The van der Waals surface area contributed by atoms with E-state index < -0.39 is 4.92 Å². The third-order valence-electron chi connectivity index (χ3n) is 6.58. The lowest BCUT2D eigenvalue weighted by atomic mass is 9.84. The van der Waals surface area contributed by atoms with Gasteiger partial charge < -0.3 is 15.0 Å². The van der Waals surface area contributed by atoms with E-state index in [1.807, 2.05) is 0 Å². The molecule has 7 heteroatoms. The van der Waals surface area contributed by atoms with Gasteiger partial charge in [-0.1, -0.05) is 6.42 Å². The Balaban J connectivity index is 1.55. The van der Waals surface area contributed by atoms with Crippen LogP contribution in [0.1, 0.15) is 43.0 Å². The summed E-state index contributed by atoms with van der Waals surface area (Å²) in [5, 5.41) is 14.4. The number of rotatable bonds is 5. The van der Waals surface area contributed by atoms with Crippen LogP contribution in [0.25, 0.3) is 0 Å². The molecule has 2 aliphatic carbocycles. The van der Waals surface area contributed by atoms with Crippen molar-refractivity contribution < 1.29 is 14.5 Å². The fourth-order valence-corrected chi connectivity index (χ4v) is 5.20. The number of hydrogen-bond acceptors (Lipinski definition) is 5. The number of carbonyl (C=O) groups is 1. The van der Waals surface area contributed by atoms with Crippen molar-refractivity contribution in [2.75, 3.05) is 31.2 Å². The van der Waals surface area contributed by atoms with Crippen molar-refractivity contribution in [3.63, 3.8) is 0 Å². The van der Waals surface area contributed by atoms with E-state index in [9.17, 15) is 14.9 Å². The maximum absolute atomic E-state index is 13.1. The first kappa shape index (κ1) is 18.2. The van der Waals surface area contributed by atoms with Gasteiger partial charge in [0.25, 0.3) is 11.6 Å². The van der Waals surface area contributed by atoms with Gasteiger partial charge in [0, 0.05) is 31.3 Å². The van der Waals surface area contributed by atoms with Crippen molar-refractivity contribution >= 4 is 17.3 Å². The van der Waals surface area contributed by atoms with E-state index in [2.05, 4.69) is 17.1 Å². The summed E-state index contributed by atoms with van der Waals surface area (Å²) in [6.07, 6.45) is 5.08. The van der Waals surface area contributed by atoms with Crippen LogP contribution < -0.4 is 10.2 Å². The molecule has 1 aromatic carbocycles. The number of nitro benzene ring substituents is 1. The predicted octanol–water partition coefficient (Wildman–Crippen LogP) is 2.99. The normalized spacial score (nSPS) is 28.2. The van der Waals surface area contributed by atoms with Gasteiger partial charge in [0.2, 0.25) is 0 Å². The SMILES string of the molecule is C[C@H](NC(=O)c1cc([N+](=O)[O-])ccc1N1CCOCC1)[C@H]1C[C@H]2CC[C@H]1C2. The van der Waals surface area contributed by atoms with Crippen LogP contribution in [0, 0.1) is 27.9 Å². The Morgan fingerprint density at radius 3 is 2.70 bits per heavy atom. The van der Waals surface area contributed by atoms with Crippen LogP contribution in [-0.2, 0) is 4.74 Å². The highest BCUT2D eigenvalue weighted by molar-refractivity contribution is 6.00. The molecule has 1 amide bonds. The minimum Gasteiger partial charge on any atom is -0.378 e. The van der Waals surface area contributed by atoms with E-state index in [4.69, 9.17) is 4.74 Å². The Kier molecular flexibility index (Phi) is 5.04. The molecule has 7 nitrogen and oxygen atoms in total. The molecule has 1 N–H and O–H groups in total. The Morgan fingerprint density at radius 2 is 2.07 bits per heavy atom. The number of ether oxygens (including phenoxy) is 1. The third kappa shape index (κ3) is 3.65. The van der Waals surface area contributed by atoms with Gasteiger partial charge in [0.1, 0.15) is 0 Å². The number of nitrogens with zero attached hydrogens (tertiary/aromatic N) is 2. The number of nitrogens with one attached hydrogen (secondary N) is 1. The Labute approximate surface area is 159 Å². The second-order valence-electron chi connectivity index (χ2n) is 8.16. The van der Waals surface area contributed by atoms with Crippen LogP contribution in [0.2, 0.25) is 0 Å². The highest BCUT2D eigenvalue weighted by Gasteiger charge is 2.42. The molecule has 0 unspecified atom stereocenters. The van der Waals surface area contributed by atoms with Crippen molar-refractivity contribution in [2.45, 2.75) is 38.6 Å². The topological polar surface area (TPSA) is 84.7 Å². The minimum absolute atomic E-state index is 0.0512. The smallest absolute Gasteiger partial charge is 0.270 e. The first-order valence-electron chi connectivity index (χ1n) is 9.95. The van der Waals surface area contributed by atoms with Gasteiger partial charge in [0.05, 0.1) is 29.4 Å². The maximum atomic E-state index is 13.1. The number of hydrogen-bond donors (Lipinski definition) is 1. The lowest BCUT2D eigenvalue weighted by Crippen LogP contribution is -2.42. The van der Waals surface area contributed by atoms with Crippen LogP contribution in [0.4, 0.5) is 11.4 Å². The Hall–Kier alpha value is -2.15. The molecule has 1 heterocycles. The van der Waals surface area contributed by atoms with E-state index in [0.717, 1.165) is 11.6 Å². The average molecular weight is 373 g/mol. The van der Waals surface area contributed by atoms with Gasteiger partial charge in [-0.2, -0.15) is 0 Å². The van der Waals surface area contributed by atoms with Gasteiger partial charge in [-0.25, -0.2) is 0 Å². The van der Waals surface area contributed by atoms with E-state index in [1.165, 1.54) is 37.8 Å². The molecule has 2 saturated carbocycles. The molecule has 4 atom stereocenters. The zero-order chi connectivity index (χ0) is 19.0. The molecular formula is C20H27N3O4.